The number of halogens is 2. The van der Waals surface area contributed by atoms with Crippen LogP contribution in [0.15, 0.2) is 12.3 Å². The van der Waals surface area contributed by atoms with Gasteiger partial charge in [-0.15, -0.1) is 0 Å². The third-order valence-electron chi connectivity index (χ3n) is 1.99. The fourth-order valence-corrected chi connectivity index (χ4v) is 1.25. The summed E-state index contributed by atoms with van der Waals surface area (Å²) in [6.07, 6.45) is -1.66. The molecule has 0 atom stereocenters. The zero-order chi connectivity index (χ0) is 12.1. The molecule has 1 aromatic heterocycles. The molecule has 0 spiro atoms. The number of ether oxygens (including phenoxy) is 2. The number of rotatable bonds is 4. The highest BCUT2D eigenvalue weighted by atomic mass is 19.3. The molecule has 0 amide bonds. The van der Waals surface area contributed by atoms with Crippen LogP contribution >= 0.6 is 0 Å². The number of alkyl halides is 2. The van der Waals surface area contributed by atoms with Gasteiger partial charge in [-0.2, -0.15) is 0 Å². The van der Waals surface area contributed by atoms with Gasteiger partial charge in [0.2, 0.25) is 0 Å². The fourth-order valence-electron chi connectivity index (χ4n) is 1.25. The molecule has 1 aromatic rings. The van der Waals surface area contributed by atoms with Crippen molar-refractivity contribution < 1.29 is 23.0 Å². The lowest BCUT2D eigenvalue weighted by molar-refractivity contribution is -0.139. The normalized spacial score (nSPS) is 10.3. The summed E-state index contributed by atoms with van der Waals surface area (Å²) in [7, 11) is 2.47. The summed E-state index contributed by atoms with van der Waals surface area (Å²) in [6.45, 7) is 0. The van der Waals surface area contributed by atoms with Crippen molar-refractivity contribution >= 4 is 5.97 Å². The molecule has 1 rings (SSSR count). The summed E-state index contributed by atoms with van der Waals surface area (Å²) in [6, 6.07) is 1.16. The van der Waals surface area contributed by atoms with Gasteiger partial charge in [0, 0.05) is 6.20 Å². The van der Waals surface area contributed by atoms with Crippen molar-refractivity contribution in [3.05, 3.63) is 23.5 Å². The van der Waals surface area contributed by atoms with Crippen molar-refractivity contribution in [3.63, 3.8) is 0 Å². The predicted molar refractivity (Wildman–Crippen MR) is 51.5 cm³/mol. The van der Waals surface area contributed by atoms with Crippen molar-refractivity contribution in [2.24, 2.45) is 0 Å². The summed E-state index contributed by atoms with van der Waals surface area (Å²) >= 11 is 0. The Morgan fingerprint density at radius 1 is 1.50 bits per heavy atom. The van der Waals surface area contributed by atoms with Gasteiger partial charge < -0.3 is 9.47 Å². The fraction of sp³-hybridized carbons (Fsp3) is 0.400. The molecule has 0 saturated carbocycles. The maximum atomic E-state index is 12.6. The number of hydrogen-bond donors (Lipinski definition) is 0. The van der Waals surface area contributed by atoms with Crippen LogP contribution in [0.2, 0.25) is 0 Å². The SMILES string of the molecule is COC(=O)Cc1nccc(C(F)F)c1OC. The maximum Gasteiger partial charge on any atom is 0.311 e. The van der Waals surface area contributed by atoms with E-state index in [2.05, 4.69) is 9.72 Å². The van der Waals surface area contributed by atoms with Gasteiger partial charge in [-0.05, 0) is 6.07 Å². The van der Waals surface area contributed by atoms with Crippen LogP contribution in [-0.2, 0) is 16.0 Å². The average molecular weight is 231 g/mol. The third kappa shape index (κ3) is 2.65. The van der Waals surface area contributed by atoms with Crippen LogP contribution in [-0.4, -0.2) is 25.2 Å². The summed E-state index contributed by atoms with van der Waals surface area (Å²) in [4.78, 5) is 14.8. The smallest absolute Gasteiger partial charge is 0.311 e. The summed E-state index contributed by atoms with van der Waals surface area (Å²) in [5.41, 5.74) is -0.136. The standard InChI is InChI=1S/C10H11F2NO3/c1-15-8(14)5-7-9(16-2)6(10(11)12)3-4-13-7/h3-4,10H,5H2,1-2H3. The minimum absolute atomic E-state index is 0.0668. The Kier molecular flexibility index (Phi) is 4.16. The highest BCUT2D eigenvalue weighted by Crippen LogP contribution is 2.30. The minimum Gasteiger partial charge on any atom is -0.494 e. The zero-order valence-corrected chi connectivity index (χ0v) is 8.87. The van der Waals surface area contributed by atoms with E-state index in [1.54, 1.807) is 0 Å². The molecule has 0 N–H and O–H groups in total. The molecule has 0 aliphatic heterocycles. The van der Waals surface area contributed by atoms with E-state index in [1.807, 2.05) is 0 Å². The summed E-state index contributed by atoms with van der Waals surface area (Å²) < 4.78 is 34.4. The van der Waals surface area contributed by atoms with Gasteiger partial charge >= 0.3 is 5.97 Å². The lowest BCUT2D eigenvalue weighted by atomic mass is 10.1. The van der Waals surface area contributed by atoms with E-state index >= 15 is 0 Å². The van der Waals surface area contributed by atoms with Crippen LogP contribution in [0, 0.1) is 0 Å². The Hall–Kier alpha value is -1.72. The van der Waals surface area contributed by atoms with E-state index in [9.17, 15) is 13.6 Å². The van der Waals surface area contributed by atoms with Crippen molar-refractivity contribution in [1.82, 2.24) is 4.98 Å². The molecule has 0 bridgehead atoms. The first-order valence-corrected chi connectivity index (χ1v) is 4.46. The minimum atomic E-state index is -2.67. The molecule has 0 fully saturated rings. The molecule has 0 aromatic carbocycles. The molecule has 0 saturated heterocycles. The predicted octanol–water partition coefficient (Wildman–Crippen LogP) is 1.74. The average Bonchev–Trinajstić information content (AvgIpc) is 2.28. The topological polar surface area (TPSA) is 48.4 Å². The van der Waals surface area contributed by atoms with Crippen LogP contribution in [0.3, 0.4) is 0 Å². The zero-order valence-electron chi connectivity index (χ0n) is 8.87. The second kappa shape index (κ2) is 5.39. The number of methoxy groups -OCH3 is 2. The molecule has 0 aliphatic carbocycles. The lowest BCUT2D eigenvalue weighted by Crippen LogP contribution is -2.09. The Morgan fingerprint density at radius 3 is 2.69 bits per heavy atom. The monoisotopic (exact) mass is 231 g/mol. The quantitative estimate of drug-likeness (QED) is 0.740. The van der Waals surface area contributed by atoms with Crippen LogP contribution in [0.1, 0.15) is 17.7 Å². The van der Waals surface area contributed by atoms with Crippen molar-refractivity contribution in [2.45, 2.75) is 12.8 Å². The molecule has 16 heavy (non-hydrogen) atoms. The number of hydrogen-bond acceptors (Lipinski definition) is 4. The van der Waals surface area contributed by atoms with E-state index in [0.717, 1.165) is 6.07 Å². The number of carbonyl (C=O) groups excluding carboxylic acids is 1. The highest BCUT2D eigenvalue weighted by molar-refractivity contribution is 5.72. The maximum absolute atomic E-state index is 12.6. The van der Waals surface area contributed by atoms with Crippen LogP contribution in [0.4, 0.5) is 8.78 Å². The van der Waals surface area contributed by atoms with Crippen LogP contribution in [0.5, 0.6) is 5.75 Å². The molecule has 4 nitrogen and oxygen atoms in total. The van der Waals surface area contributed by atoms with Gasteiger partial charge in [-0.3, -0.25) is 9.78 Å². The molecule has 6 heteroatoms. The van der Waals surface area contributed by atoms with Gasteiger partial charge in [-0.1, -0.05) is 0 Å². The molecule has 0 radical (unpaired) electrons. The Labute approximate surface area is 91.2 Å². The Balaban J connectivity index is 3.08. The molecular weight excluding hydrogens is 220 g/mol. The largest absolute Gasteiger partial charge is 0.494 e. The molecular formula is C10H11F2NO3. The number of carbonyl (C=O) groups is 1. The van der Waals surface area contributed by atoms with Crippen molar-refractivity contribution in [2.75, 3.05) is 14.2 Å². The molecule has 1 heterocycles. The number of pyridine rings is 1. The van der Waals surface area contributed by atoms with E-state index in [0.29, 0.717) is 0 Å². The van der Waals surface area contributed by atoms with Crippen molar-refractivity contribution in [1.29, 1.82) is 0 Å². The Morgan fingerprint density at radius 2 is 2.19 bits per heavy atom. The second-order valence-corrected chi connectivity index (χ2v) is 2.93. The summed E-state index contributed by atoms with van der Waals surface area (Å²) in [5, 5.41) is 0. The van der Waals surface area contributed by atoms with Gasteiger partial charge in [0.25, 0.3) is 6.43 Å². The van der Waals surface area contributed by atoms with Crippen LogP contribution < -0.4 is 4.74 Å². The first-order valence-electron chi connectivity index (χ1n) is 4.46. The van der Waals surface area contributed by atoms with Crippen LogP contribution in [0.25, 0.3) is 0 Å². The first-order chi connectivity index (χ1) is 7.60. The third-order valence-corrected chi connectivity index (χ3v) is 1.99. The molecule has 0 aliphatic rings. The summed E-state index contributed by atoms with van der Waals surface area (Å²) in [5.74, 6) is -0.625. The number of aromatic nitrogens is 1. The number of esters is 1. The van der Waals surface area contributed by atoms with Gasteiger partial charge in [0.15, 0.2) is 0 Å². The van der Waals surface area contributed by atoms with Gasteiger partial charge in [-0.25, -0.2) is 8.78 Å². The Bertz CT molecular complexity index is 382. The van der Waals surface area contributed by atoms with Gasteiger partial charge in [0.1, 0.15) is 5.75 Å². The van der Waals surface area contributed by atoms with Crippen molar-refractivity contribution in [3.8, 4) is 5.75 Å². The highest BCUT2D eigenvalue weighted by Gasteiger charge is 2.19. The van der Waals surface area contributed by atoms with Gasteiger partial charge in [0.05, 0.1) is 31.9 Å². The van der Waals surface area contributed by atoms with E-state index < -0.39 is 12.4 Å². The molecule has 0 unspecified atom stereocenters. The number of nitrogens with zero attached hydrogens (tertiary/aromatic N) is 1. The first kappa shape index (κ1) is 12.4. The lowest BCUT2D eigenvalue weighted by Gasteiger charge is -2.11. The second-order valence-electron chi connectivity index (χ2n) is 2.93. The van der Waals surface area contributed by atoms with E-state index in [1.165, 1.54) is 20.4 Å². The van der Waals surface area contributed by atoms with E-state index in [-0.39, 0.29) is 23.4 Å². The van der Waals surface area contributed by atoms with E-state index in [4.69, 9.17) is 4.74 Å². The molecule has 88 valence electrons.